The monoisotopic (exact) mass is 569 g/mol. The Labute approximate surface area is 209 Å². The lowest BCUT2D eigenvalue weighted by atomic mass is 10.2. The lowest BCUT2D eigenvalue weighted by Crippen LogP contribution is -2.39. The maximum absolute atomic E-state index is 13.2. The van der Waals surface area contributed by atoms with Crippen LogP contribution in [0.5, 0.6) is 5.75 Å². The summed E-state index contributed by atoms with van der Waals surface area (Å²) >= 11 is 15.1. The van der Waals surface area contributed by atoms with Crippen molar-refractivity contribution in [1.29, 1.82) is 0 Å². The van der Waals surface area contributed by atoms with Gasteiger partial charge in [0.15, 0.2) is 0 Å². The van der Waals surface area contributed by atoms with E-state index in [2.05, 4.69) is 26.5 Å². The maximum atomic E-state index is 13.2. The number of nitrogens with zero attached hydrogens (tertiary/aromatic N) is 2. The zero-order valence-corrected chi connectivity index (χ0v) is 20.9. The number of amides is 1. The molecule has 0 saturated carbocycles. The fraction of sp³-hybridized carbons (Fsp3) is 0.0909. The smallest absolute Gasteiger partial charge is 0.255 e. The fourth-order valence-corrected chi connectivity index (χ4v) is 4.79. The molecule has 0 aliphatic carbocycles. The van der Waals surface area contributed by atoms with Crippen molar-refractivity contribution < 1.29 is 18.3 Å². The molecule has 0 saturated heterocycles. The molecule has 2 N–H and O–H groups in total. The molecule has 0 bridgehead atoms. The zero-order valence-electron chi connectivity index (χ0n) is 17.0. The van der Waals surface area contributed by atoms with Gasteiger partial charge in [-0.2, -0.15) is 9.41 Å². The molecule has 0 heterocycles. The Morgan fingerprint density at radius 2 is 1.64 bits per heavy atom. The third kappa shape index (κ3) is 7.02. The Balaban J connectivity index is 1.80. The molecular formula is C22H18BrCl2N3O4S. The average Bonchev–Trinajstić information content (AvgIpc) is 2.77. The van der Waals surface area contributed by atoms with Crippen LogP contribution in [0.1, 0.15) is 11.1 Å². The highest BCUT2D eigenvalue weighted by Gasteiger charge is 2.27. The summed E-state index contributed by atoms with van der Waals surface area (Å²) in [4.78, 5) is 12.5. The van der Waals surface area contributed by atoms with Crippen LogP contribution in [-0.2, 0) is 21.4 Å². The summed E-state index contributed by atoms with van der Waals surface area (Å²) in [7, 11) is -4.03. The molecule has 0 radical (unpaired) electrons. The first kappa shape index (κ1) is 25.2. The van der Waals surface area contributed by atoms with Crippen LogP contribution < -0.4 is 5.43 Å². The number of aromatic hydroxyl groups is 1. The Hall–Kier alpha value is -2.43. The van der Waals surface area contributed by atoms with Gasteiger partial charge in [-0.15, -0.1) is 0 Å². The molecule has 3 aromatic rings. The van der Waals surface area contributed by atoms with Gasteiger partial charge in [-0.25, -0.2) is 13.8 Å². The van der Waals surface area contributed by atoms with Crippen molar-refractivity contribution in [2.24, 2.45) is 5.10 Å². The SMILES string of the molecule is O=C(CN(Cc1ccc(Cl)cc1)S(=O)(=O)c1ccc(Cl)cc1)N/N=C\c1cc(Br)ccc1O. The zero-order chi connectivity index (χ0) is 24.0. The molecule has 0 aliphatic rings. The predicted octanol–water partition coefficient (Wildman–Crippen LogP) is 4.80. The Morgan fingerprint density at radius 1 is 1.03 bits per heavy atom. The van der Waals surface area contributed by atoms with E-state index in [9.17, 15) is 18.3 Å². The first-order valence-electron chi connectivity index (χ1n) is 9.46. The van der Waals surface area contributed by atoms with Crippen LogP contribution in [0.3, 0.4) is 0 Å². The van der Waals surface area contributed by atoms with E-state index in [-0.39, 0.29) is 17.2 Å². The molecule has 3 aromatic carbocycles. The van der Waals surface area contributed by atoms with E-state index >= 15 is 0 Å². The van der Waals surface area contributed by atoms with E-state index in [0.29, 0.717) is 21.2 Å². The molecule has 0 atom stereocenters. The van der Waals surface area contributed by atoms with Crippen molar-refractivity contribution >= 4 is 61.3 Å². The van der Waals surface area contributed by atoms with Crippen molar-refractivity contribution in [2.75, 3.05) is 6.54 Å². The third-order valence-corrected chi connectivity index (χ3v) is 7.23. The number of phenols is 1. The van der Waals surface area contributed by atoms with Gasteiger partial charge in [0.2, 0.25) is 10.0 Å². The standard InChI is InChI=1S/C22H18BrCl2N3O4S/c23-17-3-10-21(29)16(11-17)12-26-27-22(30)14-28(13-15-1-4-18(24)5-2-15)33(31,32)20-8-6-19(25)7-9-20/h1-12,29H,13-14H2,(H,27,30)/b26-12-. The second kappa shape index (κ2) is 11.1. The highest BCUT2D eigenvalue weighted by atomic mass is 79.9. The van der Waals surface area contributed by atoms with Crippen LogP contribution in [0.15, 0.2) is 81.2 Å². The lowest BCUT2D eigenvalue weighted by Gasteiger charge is -2.21. The topological polar surface area (TPSA) is 99.1 Å². The van der Waals surface area contributed by atoms with E-state index < -0.39 is 22.5 Å². The van der Waals surface area contributed by atoms with Crippen molar-refractivity contribution in [2.45, 2.75) is 11.4 Å². The molecule has 7 nitrogen and oxygen atoms in total. The number of benzene rings is 3. The van der Waals surface area contributed by atoms with Crippen molar-refractivity contribution in [3.05, 3.63) is 92.4 Å². The van der Waals surface area contributed by atoms with E-state index in [1.54, 1.807) is 36.4 Å². The largest absolute Gasteiger partial charge is 0.507 e. The Bertz CT molecular complexity index is 1270. The van der Waals surface area contributed by atoms with E-state index in [4.69, 9.17) is 23.2 Å². The second-order valence-electron chi connectivity index (χ2n) is 6.85. The molecule has 0 aromatic heterocycles. The number of halogens is 3. The first-order chi connectivity index (χ1) is 15.6. The summed E-state index contributed by atoms with van der Waals surface area (Å²) in [6.07, 6.45) is 1.26. The average molecular weight is 571 g/mol. The van der Waals surface area contributed by atoms with Gasteiger partial charge < -0.3 is 5.11 Å². The van der Waals surface area contributed by atoms with Crippen LogP contribution in [-0.4, -0.2) is 36.5 Å². The number of sulfonamides is 1. The van der Waals surface area contributed by atoms with Crippen molar-refractivity contribution in [3.8, 4) is 5.75 Å². The molecule has 1 amide bonds. The number of hydrazone groups is 1. The van der Waals surface area contributed by atoms with E-state index in [1.165, 1.54) is 36.5 Å². The summed E-state index contributed by atoms with van der Waals surface area (Å²) < 4.78 is 28.2. The number of carbonyl (C=O) groups is 1. The van der Waals surface area contributed by atoms with E-state index in [1.807, 2.05) is 0 Å². The number of rotatable bonds is 8. The minimum atomic E-state index is -4.03. The van der Waals surface area contributed by atoms with Gasteiger partial charge in [-0.3, -0.25) is 4.79 Å². The number of carbonyl (C=O) groups excluding carboxylic acids is 1. The molecule has 0 aliphatic heterocycles. The molecule has 172 valence electrons. The fourth-order valence-electron chi connectivity index (χ4n) is 2.77. The molecule has 0 unspecified atom stereocenters. The second-order valence-corrected chi connectivity index (χ2v) is 10.6. The van der Waals surface area contributed by atoms with Gasteiger partial charge in [0.1, 0.15) is 5.75 Å². The van der Waals surface area contributed by atoms with Gasteiger partial charge in [0.25, 0.3) is 5.91 Å². The minimum absolute atomic E-state index is 0.00350. The molecular weight excluding hydrogens is 553 g/mol. The predicted molar refractivity (Wildman–Crippen MR) is 132 cm³/mol. The summed E-state index contributed by atoms with van der Waals surface area (Å²) in [5.41, 5.74) is 3.31. The molecule has 11 heteroatoms. The number of hydrogen-bond donors (Lipinski definition) is 2. The van der Waals surface area contributed by atoms with Gasteiger partial charge >= 0.3 is 0 Å². The molecule has 33 heavy (non-hydrogen) atoms. The minimum Gasteiger partial charge on any atom is -0.507 e. The molecule has 0 spiro atoms. The van der Waals surface area contributed by atoms with Crippen LogP contribution >= 0.6 is 39.1 Å². The summed E-state index contributed by atoms with van der Waals surface area (Å²) in [5, 5.41) is 14.6. The highest BCUT2D eigenvalue weighted by molar-refractivity contribution is 9.10. The van der Waals surface area contributed by atoms with Crippen molar-refractivity contribution in [1.82, 2.24) is 9.73 Å². The number of nitrogens with one attached hydrogen (secondary N) is 1. The quantitative estimate of drug-likeness (QED) is 0.300. The summed E-state index contributed by atoms with van der Waals surface area (Å²) in [5.74, 6) is -0.682. The van der Waals surface area contributed by atoms with Crippen molar-refractivity contribution in [3.63, 3.8) is 0 Å². The maximum Gasteiger partial charge on any atom is 0.255 e. The van der Waals surface area contributed by atoms with Crippen LogP contribution in [0.4, 0.5) is 0 Å². The third-order valence-electron chi connectivity index (χ3n) is 4.43. The Morgan fingerprint density at radius 3 is 2.27 bits per heavy atom. The summed E-state index contributed by atoms with van der Waals surface area (Å²) in [6, 6.07) is 17.0. The number of hydrogen-bond acceptors (Lipinski definition) is 5. The van der Waals surface area contributed by atoms with E-state index in [0.717, 1.165) is 8.78 Å². The number of phenolic OH excluding ortho intramolecular Hbond substituents is 1. The highest BCUT2D eigenvalue weighted by Crippen LogP contribution is 2.22. The lowest BCUT2D eigenvalue weighted by molar-refractivity contribution is -0.121. The normalized spacial score (nSPS) is 11.8. The van der Waals surface area contributed by atoms with Crippen LogP contribution in [0.25, 0.3) is 0 Å². The van der Waals surface area contributed by atoms with Gasteiger partial charge in [-0.1, -0.05) is 51.3 Å². The molecule has 3 rings (SSSR count). The van der Waals surface area contributed by atoms with Gasteiger partial charge in [-0.05, 0) is 60.2 Å². The van der Waals surface area contributed by atoms with Crippen LogP contribution in [0, 0.1) is 0 Å². The van der Waals surface area contributed by atoms with Gasteiger partial charge in [0, 0.05) is 26.6 Å². The first-order valence-corrected chi connectivity index (χ1v) is 12.4. The molecule has 0 fully saturated rings. The van der Waals surface area contributed by atoms with Gasteiger partial charge in [0.05, 0.1) is 17.7 Å². The summed E-state index contributed by atoms with van der Waals surface area (Å²) in [6.45, 7) is -0.554. The Kier molecular flexibility index (Phi) is 8.50. The van der Waals surface area contributed by atoms with Crippen LogP contribution in [0.2, 0.25) is 10.0 Å².